The van der Waals surface area contributed by atoms with Crippen LogP contribution in [0.3, 0.4) is 0 Å². The summed E-state index contributed by atoms with van der Waals surface area (Å²) in [5.41, 5.74) is 0.834. The van der Waals surface area contributed by atoms with Gasteiger partial charge < -0.3 is 4.79 Å². The van der Waals surface area contributed by atoms with Gasteiger partial charge in [0.05, 0.1) is 4.90 Å². The highest BCUT2D eigenvalue weighted by molar-refractivity contribution is 7.89. The van der Waals surface area contributed by atoms with Gasteiger partial charge in [0.2, 0.25) is 10.0 Å². The molecule has 1 aromatic rings. The van der Waals surface area contributed by atoms with Crippen molar-refractivity contribution in [1.29, 1.82) is 0 Å². The van der Waals surface area contributed by atoms with E-state index in [9.17, 15) is 13.2 Å². The summed E-state index contributed by atoms with van der Waals surface area (Å²) in [5, 5.41) is 0. The Balaban J connectivity index is 2.23. The second kappa shape index (κ2) is 4.98. The average molecular weight is 253 g/mol. The van der Waals surface area contributed by atoms with E-state index in [-0.39, 0.29) is 0 Å². The predicted molar refractivity (Wildman–Crippen MR) is 64.2 cm³/mol. The van der Waals surface area contributed by atoms with Crippen LogP contribution in [-0.2, 0) is 21.2 Å². The van der Waals surface area contributed by atoms with Crippen LogP contribution in [0.15, 0.2) is 29.2 Å². The van der Waals surface area contributed by atoms with Crippen molar-refractivity contribution in [2.45, 2.75) is 24.2 Å². The van der Waals surface area contributed by atoms with Crippen LogP contribution in [0.5, 0.6) is 0 Å². The summed E-state index contributed by atoms with van der Waals surface area (Å²) < 4.78 is 25.8. The van der Waals surface area contributed by atoms with Crippen LogP contribution in [0, 0.1) is 0 Å². The van der Waals surface area contributed by atoms with E-state index < -0.39 is 10.0 Å². The van der Waals surface area contributed by atoms with Gasteiger partial charge in [0, 0.05) is 19.5 Å². The minimum absolute atomic E-state index is 0.314. The molecule has 0 aliphatic carbocycles. The fourth-order valence-electron chi connectivity index (χ4n) is 1.97. The van der Waals surface area contributed by atoms with E-state index in [1.54, 1.807) is 24.3 Å². The molecule has 1 saturated heterocycles. The zero-order valence-corrected chi connectivity index (χ0v) is 10.3. The lowest BCUT2D eigenvalue weighted by Gasteiger charge is -2.15. The van der Waals surface area contributed by atoms with E-state index in [2.05, 4.69) is 0 Å². The molecule has 17 heavy (non-hydrogen) atoms. The highest BCUT2D eigenvalue weighted by Crippen LogP contribution is 2.20. The summed E-state index contributed by atoms with van der Waals surface area (Å²) in [4.78, 5) is 10.7. The number of sulfonamides is 1. The van der Waals surface area contributed by atoms with E-state index in [1.165, 1.54) is 4.31 Å². The molecule has 0 saturated carbocycles. The van der Waals surface area contributed by atoms with Crippen molar-refractivity contribution in [3.63, 3.8) is 0 Å². The number of hydrogen-bond donors (Lipinski definition) is 0. The lowest BCUT2D eigenvalue weighted by atomic mass is 10.2. The van der Waals surface area contributed by atoms with Gasteiger partial charge in [-0.05, 0) is 30.5 Å². The molecule has 0 spiro atoms. The second-order valence-corrected chi connectivity index (χ2v) is 6.06. The Morgan fingerprint density at radius 3 is 2.24 bits per heavy atom. The van der Waals surface area contributed by atoms with Crippen LogP contribution in [-0.4, -0.2) is 32.1 Å². The summed E-state index contributed by atoms with van der Waals surface area (Å²) >= 11 is 0. The van der Waals surface area contributed by atoms with Gasteiger partial charge in [0.1, 0.15) is 6.29 Å². The topological polar surface area (TPSA) is 54.5 Å². The van der Waals surface area contributed by atoms with E-state index in [4.69, 9.17) is 0 Å². The fraction of sp³-hybridized carbons (Fsp3) is 0.417. The van der Waals surface area contributed by atoms with E-state index in [1.807, 2.05) is 0 Å². The van der Waals surface area contributed by atoms with Crippen molar-refractivity contribution in [1.82, 2.24) is 4.31 Å². The molecule has 1 heterocycles. The van der Waals surface area contributed by atoms with Gasteiger partial charge in [0.25, 0.3) is 0 Å². The smallest absolute Gasteiger partial charge is 0.243 e. The maximum atomic E-state index is 12.2. The molecule has 1 aliphatic rings. The zero-order chi connectivity index (χ0) is 12.3. The maximum absolute atomic E-state index is 12.2. The Hall–Kier alpha value is -1.20. The van der Waals surface area contributed by atoms with Gasteiger partial charge in [-0.3, -0.25) is 0 Å². The van der Waals surface area contributed by atoms with Gasteiger partial charge in [-0.2, -0.15) is 4.31 Å². The number of nitrogens with zero attached hydrogens (tertiary/aromatic N) is 1. The standard InChI is InChI=1S/C12H15NO3S/c14-10-7-11-3-5-12(6-4-11)17(15,16)13-8-1-2-9-13/h3-6,10H,1-2,7-9H2. The Bertz CT molecular complexity index is 487. The third-order valence-corrected chi connectivity index (χ3v) is 4.86. The largest absolute Gasteiger partial charge is 0.303 e. The molecule has 1 fully saturated rings. The molecule has 0 bridgehead atoms. The summed E-state index contributed by atoms with van der Waals surface area (Å²) in [6.45, 7) is 1.22. The quantitative estimate of drug-likeness (QED) is 0.758. The van der Waals surface area contributed by atoms with Crippen molar-refractivity contribution in [3.05, 3.63) is 29.8 Å². The van der Waals surface area contributed by atoms with Crippen molar-refractivity contribution in [3.8, 4) is 0 Å². The summed E-state index contributed by atoms with van der Waals surface area (Å²) in [5.74, 6) is 0. The molecule has 1 aliphatic heterocycles. The minimum Gasteiger partial charge on any atom is -0.303 e. The molecule has 2 rings (SSSR count). The van der Waals surface area contributed by atoms with Gasteiger partial charge in [-0.25, -0.2) is 8.42 Å². The molecule has 4 nitrogen and oxygen atoms in total. The van der Waals surface area contributed by atoms with E-state index in [0.29, 0.717) is 24.4 Å². The van der Waals surface area contributed by atoms with Crippen molar-refractivity contribution in [2.75, 3.05) is 13.1 Å². The van der Waals surface area contributed by atoms with Crippen LogP contribution in [0.1, 0.15) is 18.4 Å². The third-order valence-electron chi connectivity index (χ3n) is 2.95. The fourth-order valence-corrected chi connectivity index (χ4v) is 3.49. The molecular formula is C12H15NO3S. The Morgan fingerprint density at radius 1 is 1.12 bits per heavy atom. The highest BCUT2D eigenvalue weighted by Gasteiger charge is 2.26. The number of carbonyl (C=O) groups is 1. The average Bonchev–Trinajstić information content (AvgIpc) is 2.84. The maximum Gasteiger partial charge on any atom is 0.243 e. The first-order valence-corrected chi connectivity index (χ1v) is 7.11. The highest BCUT2D eigenvalue weighted by atomic mass is 32.2. The van der Waals surface area contributed by atoms with Crippen LogP contribution in [0.25, 0.3) is 0 Å². The molecule has 0 aromatic heterocycles. The predicted octanol–water partition coefficient (Wildman–Crippen LogP) is 1.21. The molecule has 0 N–H and O–H groups in total. The molecule has 0 atom stereocenters. The first-order chi connectivity index (χ1) is 8.14. The second-order valence-electron chi connectivity index (χ2n) is 4.13. The number of aldehydes is 1. The molecule has 0 amide bonds. The Labute approximate surface area is 101 Å². The van der Waals surface area contributed by atoms with Crippen LogP contribution >= 0.6 is 0 Å². The normalized spacial score (nSPS) is 17.2. The Kier molecular flexibility index (Phi) is 3.59. The van der Waals surface area contributed by atoms with E-state index >= 15 is 0 Å². The zero-order valence-electron chi connectivity index (χ0n) is 9.50. The van der Waals surface area contributed by atoms with Gasteiger partial charge in [0.15, 0.2) is 0 Å². The number of benzene rings is 1. The monoisotopic (exact) mass is 253 g/mol. The summed E-state index contributed by atoms with van der Waals surface area (Å²) in [7, 11) is -3.33. The molecule has 5 heteroatoms. The number of hydrogen-bond acceptors (Lipinski definition) is 3. The van der Waals surface area contributed by atoms with Crippen molar-refractivity contribution >= 4 is 16.3 Å². The van der Waals surface area contributed by atoms with Gasteiger partial charge >= 0.3 is 0 Å². The molecule has 1 aromatic carbocycles. The first kappa shape index (κ1) is 12.3. The molecule has 0 radical (unpaired) electrons. The van der Waals surface area contributed by atoms with Crippen molar-refractivity contribution < 1.29 is 13.2 Å². The lowest BCUT2D eigenvalue weighted by Crippen LogP contribution is -2.27. The van der Waals surface area contributed by atoms with Crippen molar-refractivity contribution in [2.24, 2.45) is 0 Å². The van der Waals surface area contributed by atoms with Crippen LogP contribution in [0.2, 0.25) is 0 Å². The molecular weight excluding hydrogens is 238 g/mol. The van der Waals surface area contributed by atoms with Gasteiger partial charge in [-0.15, -0.1) is 0 Å². The number of rotatable bonds is 4. The van der Waals surface area contributed by atoms with E-state index in [0.717, 1.165) is 24.7 Å². The number of carbonyl (C=O) groups excluding carboxylic acids is 1. The SMILES string of the molecule is O=CCc1ccc(S(=O)(=O)N2CCCC2)cc1. The van der Waals surface area contributed by atoms with Crippen LogP contribution in [0.4, 0.5) is 0 Å². The summed E-state index contributed by atoms with van der Waals surface area (Å²) in [6, 6.07) is 6.54. The Morgan fingerprint density at radius 2 is 1.71 bits per heavy atom. The van der Waals surface area contributed by atoms with Gasteiger partial charge in [-0.1, -0.05) is 12.1 Å². The molecule has 0 unspecified atom stereocenters. The molecule has 92 valence electrons. The first-order valence-electron chi connectivity index (χ1n) is 5.67. The summed E-state index contributed by atoms with van der Waals surface area (Å²) in [6.07, 6.45) is 3.00. The minimum atomic E-state index is -3.33. The van der Waals surface area contributed by atoms with Crippen LogP contribution < -0.4 is 0 Å². The third kappa shape index (κ3) is 2.56. The lowest BCUT2D eigenvalue weighted by molar-refractivity contribution is -0.107.